The van der Waals surface area contributed by atoms with Crippen molar-refractivity contribution in [2.45, 2.75) is 109 Å². The van der Waals surface area contributed by atoms with Crippen LogP contribution in [0.25, 0.3) is 0 Å². The van der Waals surface area contributed by atoms with E-state index in [1.54, 1.807) is 0 Å². The quantitative estimate of drug-likeness (QED) is 0.0556. The van der Waals surface area contributed by atoms with Gasteiger partial charge in [0.1, 0.15) is 18.9 Å². The van der Waals surface area contributed by atoms with E-state index in [1.165, 1.54) is 89.0 Å². The Labute approximate surface area is 233 Å². The van der Waals surface area contributed by atoms with E-state index in [2.05, 4.69) is 12.1 Å². The van der Waals surface area contributed by atoms with Crippen molar-refractivity contribution in [3.05, 3.63) is 29.8 Å². The molecule has 1 unspecified atom stereocenters. The third-order valence-electron chi connectivity index (χ3n) is 6.79. The average Bonchev–Trinajstić information content (AvgIpc) is 2.85. The van der Waals surface area contributed by atoms with Crippen molar-refractivity contribution in [1.82, 2.24) is 0 Å². The molecule has 0 spiro atoms. The van der Waals surface area contributed by atoms with E-state index in [0.717, 1.165) is 31.4 Å². The van der Waals surface area contributed by atoms with E-state index in [0.29, 0.717) is 11.0 Å². The Kier molecular flexibility index (Phi) is 20.2. The molecule has 0 bridgehead atoms. The number of likely N-dealkylation sites (N-methyl/N-ethyl adjacent to an activating group) is 1. The SMILES string of the molecule is C[N+](C)(C)CCOP(=O)(O)OCCCCCCCCCCCCCCCCCCc1ccc(OBO)cc1. The van der Waals surface area contributed by atoms with Crippen molar-refractivity contribution < 1.29 is 32.7 Å². The minimum atomic E-state index is -3.90. The second kappa shape index (κ2) is 21.9. The molecule has 0 fully saturated rings. The summed E-state index contributed by atoms with van der Waals surface area (Å²) in [6.45, 7) is 1.17. The standard InChI is InChI=1S/C29H55BNO6P/c1-31(2,3)25-27-36-38(33,34)35-26-19-17-15-13-11-9-7-5-4-6-8-10-12-14-16-18-20-28-21-23-29(24-22-28)37-30-32/h21-24,30,32H,4-20,25-27H2,1-3H3/p+1. The van der Waals surface area contributed by atoms with Gasteiger partial charge < -0.3 is 19.1 Å². The zero-order valence-electron chi connectivity index (χ0n) is 24.6. The lowest BCUT2D eigenvalue weighted by Gasteiger charge is -2.24. The summed E-state index contributed by atoms with van der Waals surface area (Å²) in [4.78, 5) is 9.70. The zero-order chi connectivity index (χ0) is 28.0. The van der Waals surface area contributed by atoms with Gasteiger partial charge in [0.15, 0.2) is 0 Å². The van der Waals surface area contributed by atoms with E-state index >= 15 is 0 Å². The Hall–Kier alpha value is -0.885. The van der Waals surface area contributed by atoms with Crippen LogP contribution in [-0.4, -0.2) is 63.0 Å². The molecule has 0 saturated carbocycles. The summed E-state index contributed by atoms with van der Waals surface area (Å²) in [5.41, 5.74) is 1.34. The van der Waals surface area contributed by atoms with Gasteiger partial charge in [-0.3, -0.25) is 9.05 Å². The Bertz CT molecular complexity index is 729. The fourth-order valence-electron chi connectivity index (χ4n) is 4.38. The number of phosphoric ester groups is 1. The van der Waals surface area contributed by atoms with Gasteiger partial charge in [0.2, 0.25) is 0 Å². The second-order valence-corrected chi connectivity index (χ2v) is 12.9. The summed E-state index contributed by atoms with van der Waals surface area (Å²) >= 11 is 0. The molecule has 1 aromatic carbocycles. The highest BCUT2D eigenvalue weighted by atomic mass is 31.2. The van der Waals surface area contributed by atoms with Crippen LogP contribution in [-0.2, 0) is 20.0 Å². The largest absolute Gasteiger partial charge is 0.539 e. The van der Waals surface area contributed by atoms with Crippen LogP contribution < -0.4 is 4.65 Å². The minimum absolute atomic E-state index is 0.221. The van der Waals surface area contributed by atoms with E-state index < -0.39 is 7.82 Å². The molecule has 7 nitrogen and oxygen atoms in total. The first-order valence-electron chi connectivity index (χ1n) is 15.0. The number of phosphoric acid groups is 1. The number of benzene rings is 1. The molecule has 0 aliphatic carbocycles. The smallest absolute Gasteiger partial charge is 0.504 e. The third kappa shape index (κ3) is 22.0. The van der Waals surface area contributed by atoms with Crippen LogP contribution in [0.15, 0.2) is 24.3 Å². The van der Waals surface area contributed by atoms with Gasteiger partial charge in [-0.05, 0) is 37.0 Å². The predicted octanol–water partition coefficient (Wildman–Crippen LogP) is 6.95. The summed E-state index contributed by atoms with van der Waals surface area (Å²) < 4.78 is 27.7. The molecule has 1 rings (SSSR count). The highest BCUT2D eigenvalue weighted by molar-refractivity contribution is 7.47. The molecule has 0 amide bonds. The van der Waals surface area contributed by atoms with Gasteiger partial charge >= 0.3 is 15.5 Å². The van der Waals surface area contributed by atoms with E-state index in [4.69, 9.17) is 18.7 Å². The van der Waals surface area contributed by atoms with Gasteiger partial charge in [0.05, 0.1) is 27.7 Å². The monoisotopic (exact) mass is 556 g/mol. The lowest BCUT2D eigenvalue weighted by Crippen LogP contribution is -2.37. The van der Waals surface area contributed by atoms with Gasteiger partial charge in [-0.2, -0.15) is 0 Å². The van der Waals surface area contributed by atoms with Gasteiger partial charge in [-0.1, -0.05) is 102 Å². The van der Waals surface area contributed by atoms with Crippen molar-refractivity contribution in [3.63, 3.8) is 0 Å². The molecular formula is C29H56BNO6P+. The van der Waals surface area contributed by atoms with Crippen molar-refractivity contribution >= 4 is 15.5 Å². The molecule has 0 aliphatic heterocycles. The van der Waals surface area contributed by atoms with E-state index in [9.17, 15) is 9.46 Å². The van der Waals surface area contributed by atoms with Crippen molar-refractivity contribution in [2.24, 2.45) is 0 Å². The maximum absolute atomic E-state index is 11.8. The summed E-state index contributed by atoms with van der Waals surface area (Å²) in [5.74, 6) is 0.724. The lowest BCUT2D eigenvalue weighted by atomic mass is 10.0. The fraction of sp³-hybridized carbons (Fsp3) is 0.793. The second-order valence-electron chi connectivity index (χ2n) is 11.5. The number of aryl methyl sites for hydroxylation is 1. The first kappa shape index (κ1) is 35.1. The lowest BCUT2D eigenvalue weighted by molar-refractivity contribution is -0.870. The summed E-state index contributed by atoms with van der Waals surface area (Å²) in [6.07, 6.45) is 21.4. The van der Waals surface area contributed by atoms with Crippen LogP contribution in [0.2, 0.25) is 0 Å². The number of hydrogen-bond donors (Lipinski definition) is 2. The normalized spacial score (nSPS) is 13.4. The fourth-order valence-corrected chi connectivity index (χ4v) is 5.13. The van der Waals surface area contributed by atoms with Crippen molar-refractivity contribution in [2.75, 3.05) is 40.9 Å². The third-order valence-corrected chi connectivity index (χ3v) is 7.80. The number of hydrogen-bond acceptors (Lipinski definition) is 5. The zero-order valence-corrected chi connectivity index (χ0v) is 25.5. The van der Waals surface area contributed by atoms with Crippen LogP contribution in [0, 0.1) is 0 Å². The van der Waals surface area contributed by atoms with Crippen LogP contribution in [0.4, 0.5) is 0 Å². The first-order valence-corrected chi connectivity index (χ1v) is 16.5. The van der Waals surface area contributed by atoms with Crippen LogP contribution in [0.5, 0.6) is 5.75 Å². The minimum Gasteiger partial charge on any atom is -0.539 e. The number of rotatable bonds is 26. The number of unbranched alkanes of at least 4 members (excludes halogenated alkanes) is 15. The molecule has 0 aromatic heterocycles. The average molecular weight is 557 g/mol. The Morgan fingerprint density at radius 2 is 1.11 bits per heavy atom. The molecule has 38 heavy (non-hydrogen) atoms. The number of quaternary nitrogens is 1. The molecule has 1 atom stereocenters. The van der Waals surface area contributed by atoms with Crippen LogP contribution in [0.3, 0.4) is 0 Å². The summed E-state index contributed by atoms with van der Waals surface area (Å²) in [5, 5.41) is 8.77. The Balaban J connectivity index is 1.78. The molecule has 220 valence electrons. The molecule has 2 N–H and O–H groups in total. The summed E-state index contributed by atoms with van der Waals surface area (Å²) in [7, 11) is 1.87. The molecule has 0 aliphatic rings. The molecule has 0 radical (unpaired) electrons. The van der Waals surface area contributed by atoms with Crippen LogP contribution in [0.1, 0.15) is 108 Å². The molecule has 0 heterocycles. The number of nitrogens with zero attached hydrogens (tertiary/aromatic N) is 1. The molecule has 1 aromatic rings. The molecule has 0 saturated heterocycles. The Morgan fingerprint density at radius 3 is 1.55 bits per heavy atom. The van der Waals surface area contributed by atoms with Gasteiger partial charge in [0, 0.05) is 0 Å². The topological polar surface area (TPSA) is 85.2 Å². The van der Waals surface area contributed by atoms with Gasteiger partial charge in [-0.15, -0.1) is 0 Å². The maximum Gasteiger partial charge on any atom is 0.504 e. The highest BCUT2D eigenvalue weighted by Crippen LogP contribution is 2.43. The van der Waals surface area contributed by atoms with Crippen LogP contribution >= 0.6 is 7.82 Å². The first-order chi connectivity index (χ1) is 18.2. The van der Waals surface area contributed by atoms with Crippen molar-refractivity contribution in [3.8, 4) is 5.75 Å². The van der Waals surface area contributed by atoms with Gasteiger partial charge in [-0.25, -0.2) is 4.57 Å². The molecular weight excluding hydrogens is 500 g/mol. The summed E-state index contributed by atoms with van der Waals surface area (Å²) in [6, 6.07) is 8.03. The maximum atomic E-state index is 11.8. The van der Waals surface area contributed by atoms with E-state index in [-0.39, 0.29) is 20.9 Å². The Morgan fingerprint density at radius 1 is 0.684 bits per heavy atom. The van der Waals surface area contributed by atoms with E-state index in [1.807, 2.05) is 33.3 Å². The molecule has 9 heteroatoms. The van der Waals surface area contributed by atoms with Crippen molar-refractivity contribution in [1.29, 1.82) is 0 Å². The highest BCUT2D eigenvalue weighted by Gasteiger charge is 2.21. The van der Waals surface area contributed by atoms with Gasteiger partial charge in [0.25, 0.3) is 0 Å². The predicted molar refractivity (Wildman–Crippen MR) is 159 cm³/mol.